The summed E-state index contributed by atoms with van der Waals surface area (Å²) in [6, 6.07) is 14.8. The SMILES string of the molecule is O=C(NCc1ccc(C(=O)N2CCCCC2)cc1)c1ccc(-n2cc(Br)cn2)cc1. The van der Waals surface area contributed by atoms with E-state index in [1.165, 1.54) is 6.42 Å². The number of halogens is 1. The number of nitrogens with zero attached hydrogens (tertiary/aromatic N) is 3. The fraction of sp³-hybridized carbons (Fsp3) is 0.261. The van der Waals surface area contributed by atoms with E-state index in [0.29, 0.717) is 17.7 Å². The van der Waals surface area contributed by atoms with E-state index in [0.717, 1.165) is 41.7 Å². The summed E-state index contributed by atoms with van der Waals surface area (Å²) >= 11 is 3.37. The molecular weight excluding hydrogens is 444 g/mol. The van der Waals surface area contributed by atoms with Gasteiger partial charge in [0, 0.05) is 37.0 Å². The third-order valence-electron chi connectivity index (χ3n) is 5.24. The largest absolute Gasteiger partial charge is 0.348 e. The summed E-state index contributed by atoms with van der Waals surface area (Å²) in [6.07, 6.45) is 6.93. The molecule has 1 fully saturated rings. The predicted molar refractivity (Wildman–Crippen MR) is 119 cm³/mol. The molecule has 7 heteroatoms. The van der Waals surface area contributed by atoms with Crippen LogP contribution >= 0.6 is 15.9 Å². The molecule has 4 rings (SSSR count). The molecule has 1 N–H and O–H groups in total. The number of likely N-dealkylation sites (tertiary alicyclic amines) is 1. The highest BCUT2D eigenvalue weighted by atomic mass is 79.9. The van der Waals surface area contributed by atoms with Crippen LogP contribution in [-0.4, -0.2) is 39.6 Å². The van der Waals surface area contributed by atoms with E-state index in [9.17, 15) is 9.59 Å². The Morgan fingerprint density at radius 2 is 1.60 bits per heavy atom. The molecule has 0 atom stereocenters. The third kappa shape index (κ3) is 4.79. The van der Waals surface area contributed by atoms with Crippen LogP contribution in [-0.2, 0) is 6.54 Å². The zero-order valence-electron chi connectivity index (χ0n) is 16.6. The number of hydrogen-bond acceptors (Lipinski definition) is 3. The molecule has 1 aliphatic rings. The summed E-state index contributed by atoms with van der Waals surface area (Å²) in [5.74, 6) is -0.0498. The molecule has 1 aliphatic heterocycles. The van der Waals surface area contributed by atoms with Crippen LogP contribution in [0.25, 0.3) is 5.69 Å². The third-order valence-corrected chi connectivity index (χ3v) is 5.65. The van der Waals surface area contributed by atoms with Crippen molar-refractivity contribution in [1.29, 1.82) is 0 Å². The van der Waals surface area contributed by atoms with E-state index in [1.807, 2.05) is 47.5 Å². The summed E-state index contributed by atoms with van der Waals surface area (Å²) in [6.45, 7) is 2.09. The minimum absolute atomic E-state index is 0.0922. The molecular formula is C23H23BrN4O2. The molecule has 1 aromatic heterocycles. The highest BCUT2D eigenvalue weighted by Gasteiger charge is 2.17. The van der Waals surface area contributed by atoms with E-state index in [-0.39, 0.29) is 11.8 Å². The van der Waals surface area contributed by atoms with Crippen molar-refractivity contribution in [2.24, 2.45) is 0 Å². The van der Waals surface area contributed by atoms with Gasteiger partial charge in [-0.05, 0) is 77.2 Å². The average molecular weight is 467 g/mol. The molecule has 154 valence electrons. The number of nitrogens with one attached hydrogen (secondary N) is 1. The number of carbonyl (C=O) groups is 2. The summed E-state index contributed by atoms with van der Waals surface area (Å²) in [4.78, 5) is 26.9. The van der Waals surface area contributed by atoms with Crippen molar-refractivity contribution in [2.45, 2.75) is 25.8 Å². The highest BCUT2D eigenvalue weighted by molar-refractivity contribution is 9.10. The van der Waals surface area contributed by atoms with Gasteiger partial charge >= 0.3 is 0 Å². The van der Waals surface area contributed by atoms with Gasteiger partial charge in [-0.25, -0.2) is 4.68 Å². The lowest BCUT2D eigenvalue weighted by Crippen LogP contribution is -2.35. The molecule has 0 aliphatic carbocycles. The maximum absolute atomic E-state index is 12.5. The highest BCUT2D eigenvalue weighted by Crippen LogP contribution is 2.15. The van der Waals surface area contributed by atoms with Gasteiger partial charge in [-0.15, -0.1) is 0 Å². The van der Waals surface area contributed by atoms with Crippen molar-refractivity contribution >= 4 is 27.7 Å². The van der Waals surface area contributed by atoms with Gasteiger partial charge < -0.3 is 10.2 Å². The Balaban J connectivity index is 1.32. The standard InChI is InChI=1S/C23H23BrN4O2/c24-20-15-26-28(16-20)21-10-8-18(9-11-21)22(29)25-14-17-4-6-19(7-5-17)23(30)27-12-2-1-3-13-27/h4-11,15-16H,1-3,12-14H2,(H,25,29). The molecule has 6 nitrogen and oxygen atoms in total. The number of piperidine rings is 1. The monoisotopic (exact) mass is 466 g/mol. The van der Waals surface area contributed by atoms with Crippen LogP contribution in [0.5, 0.6) is 0 Å². The zero-order chi connectivity index (χ0) is 20.9. The van der Waals surface area contributed by atoms with Crippen molar-refractivity contribution in [3.63, 3.8) is 0 Å². The van der Waals surface area contributed by atoms with Crippen molar-refractivity contribution in [1.82, 2.24) is 20.0 Å². The Hall–Kier alpha value is -2.93. The van der Waals surface area contributed by atoms with E-state index >= 15 is 0 Å². The molecule has 2 aromatic carbocycles. The van der Waals surface area contributed by atoms with Crippen molar-refractivity contribution < 1.29 is 9.59 Å². The van der Waals surface area contributed by atoms with Gasteiger partial charge in [-0.3, -0.25) is 9.59 Å². The Bertz CT molecular complexity index is 1020. The van der Waals surface area contributed by atoms with Crippen LogP contribution in [0, 0.1) is 0 Å². The van der Waals surface area contributed by atoms with Crippen molar-refractivity contribution in [3.05, 3.63) is 82.1 Å². The lowest BCUT2D eigenvalue weighted by molar-refractivity contribution is 0.0724. The van der Waals surface area contributed by atoms with Crippen LogP contribution in [0.15, 0.2) is 65.4 Å². The Morgan fingerprint density at radius 3 is 2.23 bits per heavy atom. The molecule has 0 spiro atoms. The van der Waals surface area contributed by atoms with Gasteiger partial charge in [0.2, 0.25) is 0 Å². The summed E-state index contributed by atoms with van der Waals surface area (Å²) in [5.41, 5.74) is 3.12. The number of carbonyl (C=O) groups excluding carboxylic acids is 2. The number of benzene rings is 2. The van der Waals surface area contributed by atoms with Crippen LogP contribution in [0.1, 0.15) is 45.5 Å². The summed E-state index contributed by atoms with van der Waals surface area (Å²) in [5, 5.41) is 7.15. The predicted octanol–water partition coefficient (Wildman–Crippen LogP) is 4.19. The van der Waals surface area contributed by atoms with Crippen LogP contribution in [0.3, 0.4) is 0 Å². The van der Waals surface area contributed by atoms with Gasteiger partial charge in [-0.2, -0.15) is 5.10 Å². The quantitative estimate of drug-likeness (QED) is 0.612. The lowest BCUT2D eigenvalue weighted by Gasteiger charge is -2.26. The van der Waals surface area contributed by atoms with E-state index in [1.54, 1.807) is 23.0 Å². The van der Waals surface area contributed by atoms with Crippen LogP contribution in [0.4, 0.5) is 0 Å². The van der Waals surface area contributed by atoms with E-state index < -0.39 is 0 Å². The van der Waals surface area contributed by atoms with Crippen molar-refractivity contribution in [3.8, 4) is 5.69 Å². The summed E-state index contributed by atoms with van der Waals surface area (Å²) in [7, 11) is 0. The average Bonchev–Trinajstić information content (AvgIpc) is 3.24. The number of hydrogen-bond donors (Lipinski definition) is 1. The second-order valence-electron chi connectivity index (χ2n) is 7.38. The number of amides is 2. The Labute approximate surface area is 184 Å². The Kier molecular flexibility index (Phi) is 6.28. The Morgan fingerprint density at radius 1 is 0.933 bits per heavy atom. The molecule has 0 bridgehead atoms. The maximum Gasteiger partial charge on any atom is 0.253 e. The van der Waals surface area contributed by atoms with Gasteiger partial charge in [0.25, 0.3) is 11.8 Å². The van der Waals surface area contributed by atoms with Gasteiger partial charge in [0.1, 0.15) is 0 Å². The summed E-state index contributed by atoms with van der Waals surface area (Å²) < 4.78 is 2.63. The first-order valence-electron chi connectivity index (χ1n) is 10.1. The minimum Gasteiger partial charge on any atom is -0.348 e. The normalized spacial score (nSPS) is 13.8. The second kappa shape index (κ2) is 9.26. The second-order valence-corrected chi connectivity index (χ2v) is 8.30. The fourth-order valence-electron chi connectivity index (χ4n) is 3.54. The molecule has 2 heterocycles. The molecule has 0 unspecified atom stereocenters. The lowest BCUT2D eigenvalue weighted by atomic mass is 10.1. The van der Waals surface area contributed by atoms with E-state index in [4.69, 9.17) is 0 Å². The molecule has 2 amide bonds. The first-order chi connectivity index (χ1) is 14.6. The maximum atomic E-state index is 12.5. The fourth-order valence-corrected chi connectivity index (χ4v) is 3.82. The smallest absolute Gasteiger partial charge is 0.253 e. The van der Waals surface area contributed by atoms with Gasteiger partial charge in [0.05, 0.1) is 16.4 Å². The van der Waals surface area contributed by atoms with Gasteiger partial charge in [-0.1, -0.05) is 12.1 Å². The molecule has 3 aromatic rings. The molecule has 1 saturated heterocycles. The molecule has 30 heavy (non-hydrogen) atoms. The molecule has 0 radical (unpaired) electrons. The minimum atomic E-state index is -0.142. The van der Waals surface area contributed by atoms with Crippen LogP contribution in [0.2, 0.25) is 0 Å². The topological polar surface area (TPSA) is 67.2 Å². The zero-order valence-corrected chi connectivity index (χ0v) is 18.1. The number of aromatic nitrogens is 2. The first kappa shape index (κ1) is 20.3. The number of rotatable bonds is 5. The molecule has 0 saturated carbocycles. The van der Waals surface area contributed by atoms with Crippen LogP contribution < -0.4 is 5.32 Å². The van der Waals surface area contributed by atoms with E-state index in [2.05, 4.69) is 26.3 Å². The van der Waals surface area contributed by atoms with Crippen molar-refractivity contribution in [2.75, 3.05) is 13.1 Å². The first-order valence-corrected chi connectivity index (χ1v) is 10.9. The van der Waals surface area contributed by atoms with Gasteiger partial charge in [0.15, 0.2) is 0 Å².